The van der Waals surface area contributed by atoms with Crippen LogP contribution in [-0.4, -0.2) is 0 Å². The molecule has 0 fully saturated rings. The molecule has 0 saturated heterocycles. The summed E-state index contributed by atoms with van der Waals surface area (Å²) in [7, 11) is 0. The van der Waals surface area contributed by atoms with Crippen LogP contribution in [0.2, 0.25) is 0 Å². The second-order valence-corrected chi connectivity index (χ2v) is 12.9. The van der Waals surface area contributed by atoms with Crippen molar-refractivity contribution < 1.29 is 0 Å². The summed E-state index contributed by atoms with van der Waals surface area (Å²) in [4.78, 5) is 0. The molecule has 8 aromatic rings. The van der Waals surface area contributed by atoms with E-state index < -0.39 is 0 Å². The van der Waals surface area contributed by atoms with Crippen LogP contribution in [0.15, 0.2) is 115 Å². The molecule has 2 heterocycles. The van der Waals surface area contributed by atoms with Crippen molar-refractivity contribution in [1.29, 1.82) is 15.8 Å². The molecule has 0 radical (unpaired) electrons. The van der Waals surface area contributed by atoms with Gasteiger partial charge in [-0.05, 0) is 101 Å². The van der Waals surface area contributed by atoms with Crippen molar-refractivity contribution in [1.82, 2.24) is 0 Å². The van der Waals surface area contributed by atoms with Crippen LogP contribution in [0.3, 0.4) is 0 Å². The Bertz CT molecular complexity index is 2600. The first kappa shape index (κ1) is 25.9. The van der Waals surface area contributed by atoms with E-state index in [9.17, 15) is 15.8 Å². The van der Waals surface area contributed by atoms with E-state index in [2.05, 4.69) is 72.8 Å². The molecular weight excluding hydrogens is 575 g/mol. The smallest absolute Gasteiger partial charge is 0.0998 e. The zero-order valence-corrected chi connectivity index (χ0v) is 24.8. The molecular formula is C39H19N3S2. The van der Waals surface area contributed by atoms with Crippen molar-refractivity contribution in [3.05, 3.63) is 132 Å². The molecule has 0 aliphatic carbocycles. The summed E-state index contributed by atoms with van der Waals surface area (Å²) >= 11 is 3.46. The molecule has 0 atom stereocenters. The number of thiophene rings is 2. The lowest BCUT2D eigenvalue weighted by Crippen LogP contribution is -1.90. The Labute approximate surface area is 261 Å². The van der Waals surface area contributed by atoms with Gasteiger partial charge in [-0.1, -0.05) is 42.5 Å². The average Bonchev–Trinajstić information content (AvgIpc) is 3.64. The molecule has 0 aliphatic heterocycles. The van der Waals surface area contributed by atoms with Crippen molar-refractivity contribution in [2.75, 3.05) is 0 Å². The highest BCUT2D eigenvalue weighted by atomic mass is 32.1. The molecule has 0 N–H and O–H groups in total. The monoisotopic (exact) mass is 593 g/mol. The van der Waals surface area contributed by atoms with Crippen LogP contribution in [0.4, 0.5) is 0 Å². The number of hydrogen-bond acceptors (Lipinski definition) is 5. The van der Waals surface area contributed by atoms with Gasteiger partial charge in [0.1, 0.15) is 0 Å². The number of benzene rings is 6. The van der Waals surface area contributed by atoms with Gasteiger partial charge in [-0.3, -0.25) is 0 Å². The number of nitriles is 3. The van der Waals surface area contributed by atoms with E-state index in [0.29, 0.717) is 16.7 Å². The molecule has 5 heteroatoms. The van der Waals surface area contributed by atoms with Crippen LogP contribution in [0, 0.1) is 34.0 Å². The maximum atomic E-state index is 10.1. The van der Waals surface area contributed by atoms with Gasteiger partial charge in [0.05, 0.1) is 34.9 Å². The summed E-state index contributed by atoms with van der Waals surface area (Å²) < 4.78 is 4.67. The van der Waals surface area contributed by atoms with Crippen LogP contribution in [-0.2, 0) is 0 Å². The van der Waals surface area contributed by atoms with Crippen LogP contribution >= 0.6 is 22.7 Å². The first-order valence-electron chi connectivity index (χ1n) is 14.0. The van der Waals surface area contributed by atoms with Gasteiger partial charge in [0, 0.05) is 45.9 Å². The minimum atomic E-state index is 0.620. The van der Waals surface area contributed by atoms with Gasteiger partial charge in [-0.15, -0.1) is 22.7 Å². The Kier molecular flexibility index (Phi) is 6.00. The highest BCUT2D eigenvalue weighted by Gasteiger charge is 2.16. The normalized spacial score (nSPS) is 11.1. The minimum absolute atomic E-state index is 0.620. The van der Waals surface area contributed by atoms with E-state index in [1.165, 1.54) is 9.40 Å². The SMILES string of the molecule is N#Cc1ccc2sc3ccc(-c4ccc(-c5ccc6sc7ccc(C#N)cc7c6c5)c(-c5ccccc5C#N)c4)cc3c2c1. The van der Waals surface area contributed by atoms with Crippen molar-refractivity contribution in [2.45, 2.75) is 0 Å². The largest absolute Gasteiger partial charge is 0.192 e. The van der Waals surface area contributed by atoms with Gasteiger partial charge >= 0.3 is 0 Å². The van der Waals surface area contributed by atoms with Crippen molar-refractivity contribution in [2.24, 2.45) is 0 Å². The Hall–Kier alpha value is -5.77. The van der Waals surface area contributed by atoms with Gasteiger partial charge in [-0.25, -0.2) is 0 Å². The average molecular weight is 594 g/mol. The Morgan fingerprint density at radius 1 is 0.386 bits per heavy atom. The van der Waals surface area contributed by atoms with Crippen molar-refractivity contribution in [3.63, 3.8) is 0 Å². The molecule has 3 nitrogen and oxygen atoms in total. The molecule has 0 spiro atoms. The fraction of sp³-hybridized carbons (Fsp3) is 0. The minimum Gasteiger partial charge on any atom is -0.192 e. The van der Waals surface area contributed by atoms with Crippen LogP contribution in [0.25, 0.3) is 73.7 Å². The Morgan fingerprint density at radius 2 is 0.886 bits per heavy atom. The lowest BCUT2D eigenvalue weighted by Gasteiger charge is -2.15. The van der Waals surface area contributed by atoms with Gasteiger partial charge in [0.25, 0.3) is 0 Å². The van der Waals surface area contributed by atoms with E-state index in [1.807, 2.05) is 60.7 Å². The molecule has 202 valence electrons. The molecule has 44 heavy (non-hydrogen) atoms. The van der Waals surface area contributed by atoms with Crippen LogP contribution in [0.1, 0.15) is 16.7 Å². The zero-order chi connectivity index (χ0) is 29.8. The summed E-state index contributed by atoms with van der Waals surface area (Å²) in [5.74, 6) is 0. The number of nitrogens with zero attached hydrogens (tertiary/aromatic N) is 3. The second kappa shape index (κ2) is 10.2. The van der Waals surface area contributed by atoms with Gasteiger partial charge in [-0.2, -0.15) is 15.8 Å². The predicted octanol–water partition coefficient (Wildman–Crippen LogP) is 11.0. The van der Waals surface area contributed by atoms with Crippen molar-refractivity contribution >= 4 is 63.0 Å². The summed E-state index contributed by atoms with van der Waals surface area (Å²) in [5.41, 5.74) is 8.01. The second-order valence-electron chi connectivity index (χ2n) is 10.7. The zero-order valence-electron chi connectivity index (χ0n) is 23.1. The molecule has 0 bridgehead atoms. The molecule has 6 aromatic carbocycles. The maximum Gasteiger partial charge on any atom is 0.0998 e. The highest BCUT2D eigenvalue weighted by molar-refractivity contribution is 7.26. The molecule has 0 saturated carbocycles. The fourth-order valence-corrected chi connectivity index (χ4v) is 8.19. The van der Waals surface area contributed by atoms with E-state index >= 15 is 0 Å². The van der Waals surface area contributed by atoms with E-state index in [1.54, 1.807) is 22.7 Å². The first-order valence-corrected chi connectivity index (χ1v) is 15.6. The highest BCUT2D eigenvalue weighted by Crippen LogP contribution is 2.42. The topological polar surface area (TPSA) is 71.4 Å². The Morgan fingerprint density at radius 3 is 1.50 bits per heavy atom. The van der Waals surface area contributed by atoms with E-state index in [-0.39, 0.29) is 0 Å². The first-order chi connectivity index (χ1) is 21.6. The van der Waals surface area contributed by atoms with Gasteiger partial charge in [0.15, 0.2) is 0 Å². The summed E-state index contributed by atoms with van der Waals surface area (Å²) in [6.45, 7) is 0. The lowest BCUT2D eigenvalue weighted by atomic mass is 9.88. The van der Waals surface area contributed by atoms with Gasteiger partial charge < -0.3 is 0 Å². The molecule has 0 unspecified atom stereocenters. The predicted molar refractivity (Wildman–Crippen MR) is 183 cm³/mol. The van der Waals surface area contributed by atoms with Crippen LogP contribution in [0.5, 0.6) is 0 Å². The molecule has 2 aromatic heterocycles. The maximum absolute atomic E-state index is 10.1. The molecule has 8 rings (SSSR count). The third-order valence-corrected chi connectivity index (χ3v) is 10.5. The fourth-order valence-electron chi connectivity index (χ4n) is 6.05. The third-order valence-electron chi connectivity index (χ3n) is 8.20. The number of fused-ring (bicyclic) bond motifs is 6. The quantitative estimate of drug-likeness (QED) is 0.205. The van der Waals surface area contributed by atoms with Gasteiger partial charge in [0.2, 0.25) is 0 Å². The summed E-state index contributed by atoms with van der Waals surface area (Å²) in [6.07, 6.45) is 0. The number of rotatable bonds is 3. The molecule has 0 aliphatic rings. The van der Waals surface area contributed by atoms with Crippen LogP contribution < -0.4 is 0 Å². The number of hydrogen-bond donors (Lipinski definition) is 0. The standard InChI is InChI=1S/C39H19N3S2/c40-20-23-5-11-36-32(15-23)34-18-26(8-13-38(34)43-36)25-7-10-30(31(17-25)29-4-2-1-3-28(29)22-42)27-9-14-39-35(19-27)33-16-24(21-41)6-12-37(33)44-39/h1-19H. The van der Waals surface area contributed by atoms with E-state index in [4.69, 9.17) is 0 Å². The third kappa shape index (κ3) is 4.14. The van der Waals surface area contributed by atoms with E-state index in [0.717, 1.165) is 64.3 Å². The van der Waals surface area contributed by atoms with Crippen molar-refractivity contribution in [3.8, 4) is 51.6 Å². The summed E-state index contributed by atoms with van der Waals surface area (Å²) in [6, 6.07) is 45.9. The summed E-state index contributed by atoms with van der Waals surface area (Å²) in [5, 5.41) is 33.5. The lowest BCUT2D eigenvalue weighted by molar-refractivity contribution is 1.48. The Balaban J connectivity index is 1.34. The molecule has 0 amide bonds.